The van der Waals surface area contributed by atoms with Gasteiger partial charge in [0, 0.05) is 25.2 Å². The molecule has 3 N–H and O–H groups in total. The average molecular weight is 474 g/mol. The van der Waals surface area contributed by atoms with Crippen molar-refractivity contribution in [3.05, 3.63) is 90.0 Å². The Kier molecular flexibility index (Phi) is 8.28. The first-order valence-electron chi connectivity index (χ1n) is 11.7. The number of ether oxygens (including phenoxy) is 1. The molecule has 0 saturated heterocycles. The molecule has 0 fully saturated rings. The van der Waals surface area contributed by atoms with Gasteiger partial charge < -0.3 is 15.0 Å². The molecule has 0 spiro atoms. The lowest BCUT2D eigenvalue weighted by Gasteiger charge is -2.27. The van der Waals surface area contributed by atoms with Gasteiger partial charge in [-0.1, -0.05) is 68.0 Å². The second kappa shape index (κ2) is 11.8. The number of hydrogen-bond acceptors (Lipinski definition) is 5. The lowest BCUT2D eigenvalue weighted by Crippen LogP contribution is -2.34. The minimum Gasteiger partial charge on any atom is -0.454 e. The van der Waals surface area contributed by atoms with Crippen LogP contribution in [0.5, 0.6) is 11.5 Å². The highest BCUT2D eigenvalue weighted by Gasteiger charge is 2.23. The molecular weight excluding hydrogens is 442 g/mol. The molecule has 3 aromatic rings. The van der Waals surface area contributed by atoms with E-state index in [-0.39, 0.29) is 5.91 Å². The predicted octanol–water partition coefficient (Wildman–Crippen LogP) is 6.59. The van der Waals surface area contributed by atoms with Crippen molar-refractivity contribution in [1.82, 2.24) is 4.90 Å². The molecule has 1 amide bonds. The summed E-state index contributed by atoms with van der Waals surface area (Å²) in [4.78, 5) is 16.1. The van der Waals surface area contributed by atoms with Crippen molar-refractivity contribution in [3.63, 3.8) is 0 Å². The second-order valence-corrected chi connectivity index (χ2v) is 8.94. The summed E-state index contributed by atoms with van der Waals surface area (Å²) in [6.07, 6.45) is 5.09. The summed E-state index contributed by atoms with van der Waals surface area (Å²) in [6, 6.07) is 23.7. The molecule has 3 aromatic carbocycles. The number of carbonyl (C=O) groups excluding carboxylic acids is 1. The summed E-state index contributed by atoms with van der Waals surface area (Å²) in [5.74, 6) is 1.38. The van der Waals surface area contributed by atoms with E-state index in [4.69, 9.17) is 9.88 Å². The number of hydrogen-bond donors (Lipinski definition) is 2. The van der Waals surface area contributed by atoms with Crippen LogP contribution >= 0.6 is 11.9 Å². The van der Waals surface area contributed by atoms with Crippen LogP contribution in [0.3, 0.4) is 0 Å². The fourth-order valence-electron chi connectivity index (χ4n) is 4.01. The highest BCUT2D eigenvalue weighted by molar-refractivity contribution is 7.97. The number of carbonyl (C=O) groups is 1. The topological polar surface area (TPSA) is 67.6 Å². The van der Waals surface area contributed by atoms with Gasteiger partial charge in [-0.15, -0.1) is 0 Å². The molecule has 0 unspecified atom stereocenters. The van der Waals surface area contributed by atoms with Gasteiger partial charge >= 0.3 is 0 Å². The van der Waals surface area contributed by atoms with Gasteiger partial charge in [-0.05, 0) is 60.2 Å². The molecule has 1 aliphatic rings. The van der Waals surface area contributed by atoms with Crippen LogP contribution in [-0.2, 0) is 0 Å². The number of unbranched alkanes of at least 4 members (excludes halogenated alkanes) is 1. The summed E-state index contributed by atoms with van der Waals surface area (Å²) in [5, 5.41) is 9.49. The van der Waals surface area contributed by atoms with E-state index in [1.807, 2.05) is 65.6 Å². The molecule has 1 heterocycles. The van der Waals surface area contributed by atoms with E-state index >= 15 is 0 Å². The van der Waals surface area contributed by atoms with Gasteiger partial charge in [0.25, 0.3) is 5.91 Å². The molecular formula is C28H31N3O2S. The van der Waals surface area contributed by atoms with E-state index in [0.29, 0.717) is 24.4 Å². The number of anilines is 1. The van der Waals surface area contributed by atoms with Gasteiger partial charge in [0.05, 0.1) is 10.6 Å². The van der Waals surface area contributed by atoms with E-state index in [2.05, 4.69) is 30.4 Å². The molecule has 6 heteroatoms. The van der Waals surface area contributed by atoms with Crippen LogP contribution in [0, 0.1) is 0 Å². The Hall–Kier alpha value is -3.22. The third-order valence-corrected chi connectivity index (χ3v) is 6.44. The van der Waals surface area contributed by atoms with Gasteiger partial charge in [0.2, 0.25) is 0 Å². The molecule has 5 nitrogen and oxygen atoms in total. The zero-order valence-electron chi connectivity index (χ0n) is 19.5. The second-order valence-electron chi connectivity index (χ2n) is 8.26. The van der Waals surface area contributed by atoms with Crippen molar-refractivity contribution < 1.29 is 9.53 Å². The van der Waals surface area contributed by atoms with Gasteiger partial charge in [-0.3, -0.25) is 9.93 Å². The lowest BCUT2D eigenvalue weighted by molar-refractivity contribution is 0.0772. The molecule has 176 valence electrons. The smallest absolute Gasteiger partial charge is 0.254 e. The molecule has 0 bridgehead atoms. The van der Waals surface area contributed by atoms with E-state index in [0.717, 1.165) is 54.1 Å². The molecule has 1 aliphatic heterocycles. The fraction of sp³-hybridized carbons (Fsp3) is 0.250. The zero-order valence-corrected chi connectivity index (χ0v) is 20.3. The molecule has 34 heavy (non-hydrogen) atoms. The quantitative estimate of drug-likeness (QED) is 0.271. The molecule has 0 atom stereocenters. The normalized spacial score (nSPS) is 13.4. The SMILES string of the molecule is CCCCNc1cc(C(=O)N2CC=C(c3ccccc3)CC2)cc(SN)c1Oc1ccccc1. The zero-order chi connectivity index (χ0) is 23.8. The lowest BCUT2D eigenvalue weighted by atomic mass is 9.99. The van der Waals surface area contributed by atoms with Crippen LogP contribution in [0.2, 0.25) is 0 Å². The molecule has 4 rings (SSSR count). The van der Waals surface area contributed by atoms with Gasteiger partial charge in [-0.2, -0.15) is 0 Å². The maximum absolute atomic E-state index is 13.4. The van der Waals surface area contributed by atoms with Crippen molar-refractivity contribution in [2.24, 2.45) is 5.14 Å². The van der Waals surface area contributed by atoms with E-state index in [1.165, 1.54) is 11.1 Å². The van der Waals surface area contributed by atoms with Crippen molar-refractivity contribution in [2.45, 2.75) is 31.1 Å². The number of nitrogens with zero attached hydrogens (tertiary/aromatic N) is 1. The van der Waals surface area contributed by atoms with Crippen LogP contribution in [0.25, 0.3) is 5.57 Å². The van der Waals surface area contributed by atoms with E-state index < -0.39 is 0 Å². The van der Waals surface area contributed by atoms with E-state index in [9.17, 15) is 4.79 Å². The number of nitrogens with one attached hydrogen (secondary N) is 1. The first-order valence-corrected chi connectivity index (χ1v) is 12.6. The van der Waals surface area contributed by atoms with Crippen molar-refractivity contribution >= 4 is 29.1 Å². The maximum atomic E-state index is 13.4. The highest BCUT2D eigenvalue weighted by atomic mass is 32.2. The number of rotatable bonds is 9. The van der Waals surface area contributed by atoms with Crippen molar-refractivity contribution in [1.29, 1.82) is 0 Å². The van der Waals surface area contributed by atoms with Gasteiger partial charge in [0.1, 0.15) is 5.75 Å². The van der Waals surface area contributed by atoms with Gasteiger partial charge in [0.15, 0.2) is 5.75 Å². The Morgan fingerprint density at radius 2 is 1.82 bits per heavy atom. The monoisotopic (exact) mass is 473 g/mol. The summed E-state index contributed by atoms with van der Waals surface area (Å²) in [7, 11) is 0. The molecule has 0 aliphatic carbocycles. The Labute approximate surface area is 206 Å². The third-order valence-electron chi connectivity index (χ3n) is 5.88. The Morgan fingerprint density at radius 1 is 1.09 bits per heavy atom. The standard InChI is InChI=1S/C28H31N3O2S/c1-2-3-16-30-25-19-23(20-26(34-29)27(25)33-24-12-8-5-9-13-24)28(32)31-17-14-22(15-18-31)21-10-6-4-7-11-21/h4-14,19-20,30H,2-3,15-18,29H2,1H3. The van der Waals surface area contributed by atoms with Crippen LogP contribution in [0.1, 0.15) is 42.1 Å². The summed E-state index contributed by atoms with van der Waals surface area (Å²) >= 11 is 1.10. The Morgan fingerprint density at radius 3 is 2.47 bits per heavy atom. The first kappa shape index (κ1) is 23.9. The predicted molar refractivity (Wildman–Crippen MR) is 141 cm³/mol. The number of benzene rings is 3. The van der Waals surface area contributed by atoms with Crippen molar-refractivity contribution in [3.8, 4) is 11.5 Å². The summed E-state index contributed by atoms with van der Waals surface area (Å²) in [6.45, 7) is 4.22. The van der Waals surface area contributed by atoms with Crippen LogP contribution in [0.15, 0.2) is 83.8 Å². The number of amides is 1. The molecule has 0 saturated carbocycles. The summed E-state index contributed by atoms with van der Waals surface area (Å²) in [5.41, 5.74) is 3.91. The Bertz CT molecular complexity index is 1130. The van der Waals surface area contributed by atoms with Crippen LogP contribution in [-0.4, -0.2) is 30.4 Å². The minimum atomic E-state index is 0.00321. The average Bonchev–Trinajstić information content (AvgIpc) is 2.90. The first-order chi connectivity index (χ1) is 16.7. The fourth-order valence-corrected chi connectivity index (χ4v) is 4.46. The third kappa shape index (κ3) is 5.82. The number of para-hydroxylation sites is 1. The minimum absolute atomic E-state index is 0.00321. The molecule has 0 radical (unpaired) electrons. The Balaban J connectivity index is 1.59. The summed E-state index contributed by atoms with van der Waals surface area (Å²) < 4.78 is 6.21. The highest BCUT2D eigenvalue weighted by Crippen LogP contribution is 2.39. The molecule has 0 aromatic heterocycles. The maximum Gasteiger partial charge on any atom is 0.254 e. The van der Waals surface area contributed by atoms with Crippen LogP contribution in [0.4, 0.5) is 5.69 Å². The van der Waals surface area contributed by atoms with Gasteiger partial charge in [-0.25, -0.2) is 0 Å². The van der Waals surface area contributed by atoms with E-state index in [1.54, 1.807) is 0 Å². The van der Waals surface area contributed by atoms with Crippen molar-refractivity contribution in [2.75, 3.05) is 25.0 Å². The van der Waals surface area contributed by atoms with Crippen LogP contribution < -0.4 is 15.2 Å². The number of nitrogens with two attached hydrogens (primary N) is 1. The largest absolute Gasteiger partial charge is 0.454 e.